The molecule has 0 unspecified atom stereocenters. The zero-order chi connectivity index (χ0) is 18.6. The minimum Gasteiger partial charge on any atom is -0.345 e. The quantitative estimate of drug-likeness (QED) is 0.482. The van der Waals surface area contributed by atoms with Gasteiger partial charge in [0.2, 0.25) is 0 Å². The maximum atomic E-state index is 5.20. The van der Waals surface area contributed by atoms with Crippen molar-refractivity contribution in [3.8, 4) is 0 Å². The maximum absolute atomic E-state index is 5.20. The first kappa shape index (κ1) is 21.3. The monoisotopic (exact) mass is 334 g/mol. The molecule has 0 bridgehead atoms. The van der Waals surface area contributed by atoms with Crippen LogP contribution in [0.25, 0.3) is 0 Å². The van der Waals surface area contributed by atoms with Crippen LogP contribution in [0.4, 0.5) is 0 Å². The minimum atomic E-state index is 0.101. The van der Waals surface area contributed by atoms with E-state index in [1.807, 2.05) is 0 Å². The number of imidazole rings is 1. The van der Waals surface area contributed by atoms with Crippen molar-refractivity contribution in [1.82, 2.24) is 9.97 Å². The third kappa shape index (κ3) is 5.36. The molecule has 2 heteroatoms. The van der Waals surface area contributed by atoms with Crippen molar-refractivity contribution >= 4 is 0 Å². The normalized spacial score (nSPS) is 13.5. The van der Waals surface area contributed by atoms with Crippen LogP contribution in [-0.4, -0.2) is 9.97 Å². The molecule has 0 saturated heterocycles. The number of H-pyrrole nitrogens is 1. The Kier molecular flexibility index (Phi) is 7.14. The van der Waals surface area contributed by atoms with E-state index in [-0.39, 0.29) is 16.2 Å². The summed E-state index contributed by atoms with van der Waals surface area (Å²) in [6.45, 7) is 20.9. The molecule has 0 saturated carbocycles. The zero-order valence-corrected chi connectivity index (χ0v) is 17.9. The molecular weight excluding hydrogens is 292 g/mol. The zero-order valence-electron chi connectivity index (χ0n) is 17.9. The van der Waals surface area contributed by atoms with Crippen LogP contribution < -0.4 is 0 Å². The van der Waals surface area contributed by atoms with Gasteiger partial charge in [-0.25, -0.2) is 4.98 Å². The number of nitrogens with one attached hydrogen (secondary N) is 1. The van der Waals surface area contributed by atoms with Crippen LogP contribution in [0.2, 0.25) is 0 Å². The predicted molar refractivity (Wildman–Crippen MR) is 107 cm³/mol. The number of aromatic amines is 1. The fraction of sp³-hybridized carbons (Fsp3) is 0.864. The van der Waals surface area contributed by atoms with Crippen molar-refractivity contribution in [3.63, 3.8) is 0 Å². The molecule has 2 nitrogen and oxygen atoms in total. The van der Waals surface area contributed by atoms with Crippen LogP contribution in [0, 0.1) is 0 Å². The number of unbranched alkanes of at least 4 members (excludes halogenated alkanes) is 3. The molecule has 0 spiro atoms. The average molecular weight is 335 g/mol. The Bertz CT molecular complexity index is 501. The summed E-state index contributed by atoms with van der Waals surface area (Å²) in [4.78, 5) is 8.96. The number of hydrogen-bond acceptors (Lipinski definition) is 1. The summed E-state index contributed by atoms with van der Waals surface area (Å²) in [7, 11) is 0. The SMILES string of the molecule is CCCCCC(C)(C)c1nc(C(C)(C)CCCC)c(C(C)(C)C)[nH]1. The van der Waals surface area contributed by atoms with Crippen molar-refractivity contribution in [1.29, 1.82) is 0 Å². The summed E-state index contributed by atoms with van der Waals surface area (Å²) in [5.41, 5.74) is 2.98. The smallest absolute Gasteiger partial charge is 0.112 e. The molecular formula is C22H42N2. The highest BCUT2D eigenvalue weighted by atomic mass is 15.0. The van der Waals surface area contributed by atoms with Gasteiger partial charge in [0.05, 0.1) is 5.69 Å². The number of aromatic nitrogens is 2. The molecule has 24 heavy (non-hydrogen) atoms. The molecule has 0 aromatic carbocycles. The highest BCUT2D eigenvalue weighted by Crippen LogP contribution is 2.38. The summed E-state index contributed by atoms with van der Waals surface area (Å²) in [6.07, 6.45) is 8.78. The Morgan fingerprint density at radius 3 is 1.79 bits per heavy atom. The lowest BCUT2D eigenvalue weighted by Gasteiger charge is -2.28. The molecule has 1 aromatic heterocycles. The van der Waals surface area contributed by atoms with E-state index in [4.69, 9.17) is 4.98 Å². The molecule has 140 valence electrons. The van der Waals surface area contributed by atoms with E-state index in [2.05, 4.69) is 67.3 Å². The lowest BCUT2D eigenvalue weighted by Crippen LogP contribution is -2.24. The molecule has 0 radical (unpaired) electrons. The summed E-state index contributed by atoms with van der Waals surface area (Å²) in [5.74, 6) is 1.18. The molecule has 0 aliphatic heterocycles. The number of hydrogen-bond donors (Lipinski definition) is 1. The second kappa shape index (κ2) is 8.06. The number of nitrogens with zero attached hydrogens (tertiary/aromatic N) is 1. The predicted octanol–water partition coefficient (Wildman–Crippen LogP) is 7.03. The topological polar surface area (TPSA) is 28.7 Å². The Morgan fingerprint density at radius 2 is 1.29 bits per heavy atom. The first-order valence-corrected chi connectivity index (χ1v) is 10.1. The van der Waals surface area contributed by atoms with Crippen LogP contribution in [0.1, 0.15) is 124 Å². The fourth-order valence-corrected chi connectivity index (χ4v) is 3.40. The molecule has 0 amide bonds. The molecule has 0 aliphatic rings. The fourth-order valence-electron chi connectivity index (χ4n) is 3.40. The van der Waals surface area contributed by atoms with Crippen molar-refractivity contribution in [2.75, 3.05) is 0 Å². The summed E-state index contributed by atoms with van der Waals surface area (Å²) >= 11 is 0. The molecule has 1 N–H and O–H groups in total. The van der Waals surface area contributed by atoms with E-state index < -0.39 is 0 Å². The standard InChI is InChI=1S/C22H42N2/c1-10-12-14-16-22(8,9)19-23-17(20(3,4)5)18(24-19)21(6,7)15-13-11-2/h10-16H2,1-9H3,(H,23,24). The summed E-state index contributed by atoms with van der Waals surface area (Å²) in [6, 6.07) is 0. The van der Waals surface area contributed by atoms with E-state index in [0.29, 0.717) is 0 Å². The van der Waals surface area contributed by atoms with E-state index >= 15 is 0 Å². The summed E-state index contributed by atoms with van der Waals surface area (Å²) < 4.78 is 0. The van der Waals surface area contributed by atoms with Crippen molar-refractivity contribution in [3.05, 3.63) is 17.2 Å². The van der Waals surface area contributed by atoms with Crippen molar-refractivity contribution < 1.29 is 0 Å². The Labute approximate surface area is 151 Å². The molecule has 1 rings (SSSR count). The van der Waals surface area contributed by atoms with Gasteiger partial charge in [-0.1, -0.05) is 94.4 Å². The average Bonchev–Trinajstić information content (AvgIpc) is 2.92. The largest absolute Gasteiger partial charge is 0.345 e. The van der Waals surface area contributed by atoms with Gasteiger partial charge in [0, 0.05) is 21.9 Å². The van der Waals surface area contributed by atoms with Crippen molar-refractivity contribution in [2.24, 2.45) is 0 Å². The molecule has 0 fully saturated rings. The van der Waals surface area contributed by atoms with Gasteiger partial charge in [0.25, 0.3) is 0 Å². The Morgan fingerprint density at radius 1 is 0.750 bits per heavy atom. The third-order valence-corrected chi connectivity index (χ3v) is 5.30. The van der Waals surface area contributed by atoms with Crippen LogP contribution in [0.5, 0.6) is 0 Å². The Balaban J connectivity index is 3.22. The second-order valence-electron chi connectivity index (χ2n) is 9.89. The van der Waals surface area contributed by atoms with Gasteiger partial charge in [0.1, 0.15) is 5.82 Å². The molecule has 1 aromatic rings. The van der Waals surface area contributed by atoms with Crippen LogP contribution >= 0.6 is 0 Å². The maximum Gasteiger partial charge on any atom is 0.112 e. The van der Waals surface area contributed by atoms with Gasteiger partial charge in [-0.3, -0.25) is 0 Å². The molecule has 0 aliphatic carbocycles. The molecule has 1 heterocycles. The third-order valence-electron chi connectivity index (χ3n) is 5.30. The lowest BCUT2D eigenvalue weighted by atomic mass is 9.78. The molecule has 0 atom stereocenters. The van der Waals surface area contributed by atoms with Crippen molar-refractivity contribution in [2.45, 2.75) is 124 Å². The van der Waals surface area contributed by atoms with Crippen LogP contribution in [0.15, 0.2) is 0 Å². The van der Waals surface area contributed by atoms with Crippen LogP contribution in [0.3, 0.4) is 0 Å². The second-order valence-corrected chi connectivity index (χ2v) is 9.89. The first-order valence-electron chi connectivity index (χ1n) is 10.1. The van der Waals surface area contributed by atoms with E-state index in [1.54, 1.807) is 0 Å². The lowest BCUT2D eigenvalue weighted by molar-refractivity contribution is 0.418. The van der Waals surface area contributed by atoms with Gasteiger partial charge >= 0.3 is 0 Å². The van der Waals surface area contributed by atoms with Gasteiger partial charge in [-0.15, -0.1) is 0 Å². The first-order chi connectivity index (χ1) is 11.0. The highest BCUT2D eigenvalue weighted by molar-refractivity contribution is 5.30. The Hall–Kier alpha value is -0.790. The van der Waals surface area contributed by atoms with E-state index in [1.165, 1.54) is 62.2 Å². The van der Waals surface area contributed by atoms with Gasteiger partial charge in [-0.05, 0) is 12.8 Å². The number of rotatable bonds is 9. The van der Waals surface area contributed by atoms with Crippen LogP contribution in [-0.2, 0) is 16.2 Å². The minimum absolute atomic E-state index is 0.101. The van der Waals surface area contributed by atoms with Gasteiger partial charge in [0.15, 0.2) is 0 Å². The summed E-state index contributed by atoms with van der Waals surface area (Å²) in [5, 5.41) is 0. The van der Waals surface area contributed by atoms with Gasteiger partial charge < -0.3 is 4.98 Å². The van der Waals surface area contributed by atoms with E-state index in [9.17, 15) is 0 Å². The van der Waals surface area contributed by atoms with E-state index in [0.717, 1.165) is 0 Å². The highest BCUT2D eigenvalue weighted by Gasteiger charge is 2.35. The van der Waals surface area contributed by atoms with Gasteiger partial charge in [-0.2, -0.15) is 0 Å².